The third-order valence-electron chi connectivity index (χ3n) is 6.28. The van der Waals surface area contributed by atoms with E-state index in [-0.39, 0.29) is 0 Å². The molecule has 7 heteroatoms. The molecule has 4 aromatic rings. The first-order valence-electron chi connectivity index (χ1n) is 11.6. The number of benzene rings is 2. The van der Waals surface area contributed by atoms with Crippen LogP contribution in [0.3, 0.4) is 0 Å². The zero-order valence-electron chi connectivity index (χ0n) is 19.3. The lowest BCUT2D eigenvalue weighted by Crippen LogP contribution is -2.46. The number of aryl methyl sites for hydroxylation is 1. The molecule has 0 atom stereocenters. The van der Waals surface area contributed by atoms with Crippen molar-refractivity contribution in [1.29, 1.82) is 5.26 Å². The first-order chi connectivity index (χ1) is 16.7. The Morgan fingerprint density at radius 2 is 1.65 bits per heavy atom. The van der Waals surface area contributed by atoms with Gasteiger partial charge in [-0.1, -0.05) is 42.5 Å². The third kappa shape index (κ3) is 4.68. The van der Waals surface area contributed by atoms with E-state index in [0.29, 0.717) is 6.42 Å². The van der Waals surface area contributed by atoms with Crippen LogP contribution in [0.2, 0.25) is 0 Å². The second kappa shape index (κ2) is 9.86. The Morgan fingerprint density at radius 1 is 0.912 bits per heavy atom. The van der Waals surface area contributed by atoms with Crippen molar-refractivity contribution in [2.75, 3.05) is 31.1 Å². The summed E-state index contributed by atoms with van der Waals surface area (Å²) in [5.74, 6) is 0.920. The van der Waals surface area contributed by atoms with Gasteiger partial charge >= 0.3 is 0 Å². The number of hydrogen-bond acceptors (Lipinski definition) is 6. The van der Waals surface area contributed by atoms with E-state index in [0.717, 1.165) is 66.7 Å². The SMILES string of the molecule is Cc1nn(-c2ccccc2)cc1CN1CCN(c2nccnc2-c2ccc(CC#N)cc2)CC1. The molecular formula is C27H27N7. The highest BCUT2D eigenvalue weighted by Gasteiger charge is 2.22. The van der Waals surface area contributed by atoms with Crippen LogP contribution in [-0.4, -0.2) is 50.8 Å². The van der Waals surface area contributed by atoms with Crippen molar-refractivity contribution in [2.45, 2.75) is 19.9 Å². The summed E-state index contributed by atoms with van der Waals surface area (Å²) < 4.78 is 1.97. The zero-order chi connectivity index (χ0) is 23.3. The van der Waals surface area contributed by atoms with Gasteiger partial charge in [-0.25, -0.2) is 9.67 Å². The van der Waals surface area contributed by atoms with Crippen molar-refractivity contribution in [3.8, 4) is 23.0 Å². The van der Waals surface area contributed by atoms with Gasteiger partial charge in [0.25, 0.3) is 0 Å². The molecule has 2 aromatic carbocycles. The molecule has 0 amide bonds. The lowest BCUT2D eigenvalue weighted by atomic mass is 10.1. The topological polar surface area (TPSA) is 73.9 Å². The number of nitrogens with zero attached hydrogens (tertiary/aromatic N) is 7. The number of hydrogen-bond donors (Lipinski definition) is 0. The highest BCUT2D eigenvalue weighted by Crippen LogP contribution is 2.28. The van der Waals surface area contributed by atoms with Crippen LogP contribution in [0.4, 0.5) is 5.82 Å². The van der Waals surface area contributed by atoms with Crippen LogP contribution in [0.1, 0.15) is 16.8 Å². The van der Waals surface area contributed by atoms with Crippen molar-refractivity contribution in [3.05, 3.63) is 90.0 Å². The molecule has 0 aliphatic carbocycles. The van der Waals surface area contributed by atoms with E-state index in [9.17, 15) is 0 Å². The summed E-state index contributed by atoms with van der Waals surface area (Å²) in [6.07, 6.45) is 6.06. The van der Waals surface area contributed by atoms with Crippen LogP contribution in [-0.2, 0) is 13.0 Å². The Morgan fingerprint density at radius 3 is 2.38 bits per heavy atom. The fourth-order valence-electron chi connectivity index (χ4n) is 4.36. The molecule has 1 aliphatic heterocycles. The first-order valence-corrected chi connectivity index (χ1v) is 11.6. The highest BCUT2D eigenvalue weighted by molar-refractivity contribution is 5.72. The van der Waals surface area contributed by atoms with Crippen LogP contribution in [0.5, 0.6) is 0 Å². The molecule has 0 unspecified atom stereocenters. The molecule has 3 heterocycles. The van der Waals surface area contributed by atoms with E-state index < -0.39 is 0 Å². The van der Waals surface area contributed by atoms with Gasteiger partial charge in [-0.3, -0.25) is 9.88 Å². The van der Waals surface area contributed by atoms with Crippen LogP contribution < -0.4 is 4.90 Å². The lowest BCUT2D eigenvalue weighted by molar-refractivity contribution is 0.249. The molecular weight excluding hydrogens is 422 g/mol. The minimum absolute atomic E-state index is 0.416. The van der Waals surface area contributed by atoms with Crippen LogP contribution in [0.15, 0.2) is 73.2 Å². The number of para-hydroxylation sites is 1. The average molecular weight is 450 g/mol. The van der Waals surface area contributed by atoms with Crippen molar-refractivity contribution >= 4 is 5.82 Å². The molecule has 7 nitrogen and oxygen atoms in total. The quantitative estimate of drug-likeness (QED) is 0.443. The molecule has 0 bridgehead atoms. The fraction of sp³-hybridized carbons (Fsp3) is 0.259. The summed E-state index contributed by atoms with van der Waals surface area (Å²) in [5, 5.41) is 13.6. The summed E-state index contributed by atoms with van der Waals surface area (Å²) >= 11 is 0. The highest BCUT2D eigenvalue weighted by atomic mass is 15.3. The summed E-state index contributed by atoms with van der Waals surface area (Å²) in [5.41, 5.74) is 6.33. The Labute approximate surface area is 199 Å². The third-order valence-corrected chi connectivity index (χ3v) is 6.28. The summed E-state index contributed by atoms with van der Waals surface area (Å²) in [6.45, 7) is 6.66. The average Bonchev–Trinajstić information content (AvgIpc) is 3.26. The normalized spacial score (nSPS) is 14.2. The number of piperazine rings is 1. The van der Waals surface area contributed by atoms with E-state index in [1.807, 2.05) is 47.1 Å². The van der Waals surface area contributed by atoms with Gasteiger partial charge in [0.2, 0.25) is 0 Å². The monoisotopic (exact) mass is 449 g/mol. The number of rotatable bonds is 6. The van der Waals surface area contributed by atoms with Gasteiger partial charge in [0.1, 0.15) is 5.69 Å². The molecule has 0 saturated carbocycles. The van der Waals surface area contributed by atoms with E-state index in [1.165, 1.54) is 5.56 Å². The molecule has 5 rings (SSSR count). The predicted octanol–water partition coefficient (Wildman–Crippen LogP) is 4.03. The molecule has 0 radical (unpaired) electrons. The smallest absolute Gasteiger partial charge is 0.155 e. The van der Waals surface area contributed by atoms with Gasteiger partial charge in [0.05, 0.1) is 23.9 Å². The largest absolute Gasteiger partial charge is 0.352 e. The maximum absolute atomic E-state index is 8.92. The summed E-state index contributed by atoms with van der Waals surface area (Å²) in [4.78, 5) is 14.1. The standard InChI is InChI=1S/C27H27N7/c1-21-24(20-34(31-21)25-5-3-2-4-6-25)19-32-15-17-33(18-16-32)27-26(29-13-14-30-27)23-9-7-22(8-10-23)11-12-28/h2-10,13-14,20H,11,15-19H2,1H3. The lowest BCUT2D eigenvalue weighted by Gasteiger charge is -2.35. The van der Waals surface area contributed by atoms with Gasteiger partial charge in [-0.15, -0.1) is 0 Å². The van der Waals surface area contributed by atoms with Crippen molar-refractivity contribution in [1.82, 2.24) is 24.6 Å². The van der Waals surface area contributed by atoms with Gasteiger partial charge in [0, 0.05) is 62.4 Å². The van der Waals surface area contributed by atoms with E-state index in [2.05, 4.69) is 51.1 Å². The summed E-state index contributed by atoms with van der Waals surface area (Å²) in [6, 6.07) is 20.5. The molecule has 1 saturated heterocycles. The Kier molecular flexibility index (Phi) is 6.32. The Bertz CT molecular complexity index is 1280. The number of aromatic nitrogens is 4. The van der Waals surface area contributed by atoms with Crippen LogP contribution in [0, 0.1) is 18.3 Å². The minimum Gasteiger partial charge on any atom is -0.352 e. The Balaban J connectivity index is 1.26. The molecule has 2 aromatic heterocycles. The minimum atomic E-state index is 0.416. The molecule has 0 spiro atoms. The molecule has 170 valence electrons. The maximum Gasteiger partial charge on any atom is 0.155 e. The predicted molar refractivity (Wildman–Crippen MR) is 133 cm³/mol. The second-order valence-electron chi connectivity index (χ2n) is 8.54. The first kappa shape index (κ1) is 21.8. The second-order valence-corrected chi connectivity index (χ2v) is 8.54. The molecule has 1 aliphatic rings. The van der Waals surface area contributed by atoms with Crippen LogP contribution >= 0.6 is 0 Å². The van der Waals surface area contributed by atoms with Gasteiger partial charge in [-0.2, -0.15) is 10.4 Å². The molecule has 0 N–H and O–H groups in total. The van der Waals surface area contributed by atoms with Crippen molar-refractivity contribution in [2.24, 2.45) is 0 Å². The fourth-order valence-corrected chi connectivity index (χ4v) is 4.36. The van der Waals surface area contributed by atoms with Gasteiger partial charge < -0.3 is 4.90 Å². The van der Waals surface area contributed by atoms with Gasteiger partial charge in [-0.05, 0) is 24.6 Å². The maximum atomic E-state index is 8.92. The van der Waals surface area contributed by atoms with E-state index >= 15 is 0 Å². The van der Waals surface area contributed by atoms with Gasteiger partial charge in [0.15, 0.2) is 5.82 Å². The molecule has 34 heavy (non-hydrogen) atoms. The number of anilines is 1. The Hall–Kier alpha value is -4.02. The van der Waals surface area contributed by atoms with Crippen molar-refractivity contribution < 1.29 is 0 Å². The summed E-state index contributed by atoms with van der Waals surface area (Å²) in [7, 11) is 0. The molecule has 1 fully saturated rings. The zero-order valence-corrected chi connectivity index (χ0v) is 19.3. The van der Waals surface area contributed by atoms with Crippen molar-refractivity contribution in [3.63, 3.8) is 0 Å². The number of nitriles is 1. The van der Waals surface area contributed by atoms with Crippen LogP contribution in [0.25, 0.3) is 16.9 Å². The van der Waals surface area contributed by atoms with E-state index in [4.69, 9.17) is 10.4 Å². The van der Waals surface area contributed by atoms with E-state index in [1.54, 1.807) is 12.4 Å².